The average molecular weight is 263 g/mol. The number of nitrogens with two attached hydrogens (primary N) is 1. The number of thioether (sulfide) groups is 1. The standard InChI is InChI=1S/C16H25NS/c1-13-7-6-10-15(11-13)18-16(12-17)14-8-4-2-3-5-9-14/h6-7,10-11,14,16H,2-5,8-9,12,17H2,1H3. The van der Waals surface area contributed by atoms with E-state index in [0.717, 1.165) is 12.5 Å². The van der Waals surface area contributed by atoms with Crippen molar-refractivity contribution in [3.8, 4) is 0 Å². The quantitative estimate of drug-likeness (QED) is 0.644. The Balaban J connectivity index is 1.99. The highest BCUT2D eigenvalue weighted by atomic mass is 32.2. The molecule has 1 aliphatic carbocycles. The van der Waals surface area contributed by atoms with Crippen LogP contribution in [-0.2, 0) is 0 Å². The van der Waals surface area contributed by atoms with E-state index in [4.69, 9.17) is 5.73 Å². The molecule has 1 aliphatic rings. The SMILES string of the molecule is Cc1cccc(SC(CN)C2CCCCCC2)c1. The lowest BCUT2D eigenvalue weighted by Gasteiger charge is -2.24. The number of rotatable bonds is 4. The van der Waals surface area contributed by atoms with Gasteiger partial charge in [0.05, 0.1) is 0 Å². The van der Waals surface area contributed by atoms with Gasteiger partial charge in [0, 0.05) is 16.7 Å². The second-order valence-electron chi connectivity index (χ2n) is 5.46. The molecule has 1 unspecified atom stereocenters. The summed E-state index contributed by atoms with van der Waals surface area (Å²) in [5.74, 6) is 0.822. The molecule has 0 aromatic heterocycles. The molecule has 0 spiro atoms. The van der Waals surface area contributed by atoms with Gasteiger partial charge in [-0.1, -0.05) is 43.4 Å². The van der Waals surface area contributed by atoms with Gasteiger partial charge in [0.2, 0.25) is 0 Å². The fourth-order valence-electron chi connectivity index (χ4n) is 2.88. The molecule has 0 amide bonds. The second-order valence-corrected chi connectivity index (χ2v) is 6.77. The Morgan fingerprint density at radius 2 is 1.94 bits per heavy atom. The molecular formula is C16H25NS. The van der Waals surface area contributed by atoms with Crippen molar-refractivity contribution in [2.75, 3.05) is 6.54 Å². The highest BCUT2D eigenvalue weighted by Gasteiger charge is 2.22. The molecule has 18 heavy (non-hydrogen) atoms. The van der Waals surface area contributed by atoms with E-state index in [0.29, 0.717) is 5.25 Å². The first-order valence-electron chi connectivity index (χ1n) is 7.23. The highest BCUT2D eigenvalue weighted by Crippen LogP contribution is 2.35. The Labute approximate surface area is 116 Å². The summed E-state index contributed by atoms with van der Waals surface area (Å²) in [6, 6.07) is 8.81. The summed E-state index contributed by atoms with van der Waals surface area (Å²) >= 11 is 1.99. The minimum absolute atomic E-state index is 0.602. The first-order chi connectivity index (χ1) is 8.79. The maximum atomic E-state index is 6.02. The van der Waals surface area contributed by atoms with E-state index in [1.807, 2.05) is 11.8 Å². The predicted molar refractivity (Wildman–Crippen MR) is 81.1 cm³/mol. The third kappa shape index (κ3) is 4.03. The van der Waals surface area contributed by atoms with Gasteiger partial charge in [-0.2, -0.15) is 0 Å². The summed E-state index contributed by atoms with van der Waals surface area (Å²) < 4.78 is 0. The molecule has 2 heteroatoms. The van der Waals surface area contributed by atoms with Gasteiger partial charge in [-0.05, 0) is 37.8 Å². The monoisotopic (exact) mass is 263 g/mol. The van der Waals surface area contributed by atoms with Crippen molar-refractivity contribution >= 4 is 11.8 Å². The van der Waals surface area contributed by atoms with Gasteiger partial charge in [0.1, 0.15) is 0 Å². The molecule has 1 aromatic rings. The van der Waals surface area contributed by atoms with Gasteiger partial charge in [-0.3, -0.25) is 0 Å². The zero-order valence-corrected chi connectivity index (χ0v) is 12.2. The van der Waals surface area contributed by atoms with E-state index in [-0.39, 0.29) is 0 Å². The first kappa shape index (κ1) is 14.0. The van der Waals surface area contributed by atoms with Crippen LogP contribution in [0.1, 0.15) is 44.1 Å². The fraction of sp³-hybridized carbons (Fsp3) is 0.625. The molecular weight excluding hydrogens is 238 g/mol. The molecule has 0 heterocycles. The van der Waals surface area contributed by atoms with E-state index < -0.39 is 0 Å². The molecule has 1 saturated carbocycles. The summed E-state index contributed by atoms with van der Waals surface area (Å²) in [7, 11) is 0. The zero-order valence-electron chi connectivity index (χ0n) is 11.4. The Bertz CT molecular complexity index is 356. The van der Waals surface area contributed by atoms with E-state index in [1.54, 1.807) is 0 Å². The van der Waals surface area contributed by atoms with Crippen molar-refractivity contribution in [1.82, 2.24) is 0 Å². The van der Waals surface area contributed by atoms with Crippen LogP contribution in [0.5, 0.6) is 0 Å². The van der Waals surface area contributed by atoms with Crippen LogP contribution in [0.4, 0.5) is 0 Å². The van der Waals surface area contributed by atoms with Crippen molar-refractivity contribution in [2.45, 2.75) is 55.6 Å². The minimum atomic E-state index is 0.602. The van der Waals surface area contributed by atoms with Crippen molar-refractivity contribution in [3.05, 3.63) is 29.8 Å². The number of aryl methyl sites for hydroxylation is 1. The topological polar surface area (TPSA) is 26.0 Å². The molecule has 100 valence electrons. The summed E-state index contributed by atoms with van der Waals surface area (Å²) in [6.07, 6.45) is 8.39. The molecule has 1 nitrogen and oxygen atoms in total. The van der Waals surface area contributed by atoms with Gasteiger partial charge in [-0.25, -0.2) is 0 Å². The average Bonchev–Trinajstić information content (AvgIpc) is 2.65. The molecule has 1 aromatic carbocycles. The van der Waals surface area contributed by atoms with Crippen LogP contribution in [0.25, 0.3) is 0 Å². The molecule has 1 atom stereocenters. The maximum absolute atomic E-state index is 6.02. The predicted octanol–water partition coefficient (Wildman–Crippen LogP) is 4.38. The molecule has 0 saturated heterocycles. The van der Waals surface area contributed by atoms with Gasteiger partial charge < -0.3 is 5.73 Å². The number of hydrogen-bond acceptors (Lipinski definition) is 2. The third-order valence-corrected chi connectivity index (χ3v) is 5.34. The zero-order chi connectivity index (χ0) is 12.8. The number of benzene rings is 1. The van der Waals surface area contributed by atoms with Crippen LogP contribution in [-0.4, -0.2) is 11.8 Å². The summed E-state index contributed by atoms with van der Waals surface area (Å²) in [6.45, 7) is 2.97. The highest BCUT2D eigenvalue weighted by molar-refractivity contribution is 8.00. The minimum Gasteiger partial charge on any atom is -0.329 e. The summed E-state index contributed by atoms with van der Waals surface area (Å²) in [5, 5.41) is 0.602. The van der Waals surface area contributed by atoms with Gasteiger partial charge in [0.25, 0.3) is 0 Å². The van der Waals surface area contributed by atoms with Crippen LogP contribution in [0.3, 0.4) is 0 Å². The van der Waals surface area contributed by atoms with Crippen molar-refractivity contribution < 1.29 is 0 Å². The molecule has 0 bridgehead atoms. The fourth-order valence-corrected chi connectivity index (χ4v) is 4.20. The van der Waals surface area contributed by atoms with E-state index >= 15 is 0 Å². The van der Waals surface area contributed by atoms with Crippen LogP contribution in [0.2, 0.25) is 0 Å². The van der Waals surface area contributed by atoms with Gasteiger partial charge >= 0.3 is 0 Å². The maximum Gasteiger partial charge on any atom is 0.0245 e. The largest absolute Gasteiger partial charge is 0.329 e. The number of hydrogen-bond donors (Lipinski definition) is 1. The van der Waals surface area contributed by atoms with E-state index in [1.165, 1.54) is 49.0 Å². The Morgan fingerprint density at radius 3 is 2.56 bits per heavy atom. The third-order valence-electron chi connectivity index (χ3n) is 3.93. The van der Waals surface area contributed by atoms with Crippen molar-refractivity contribution in [2.24, 2.45) is 11.7 Å². The van der Waals surface area contributed by atoms with Crippen LogP contribution >= 0.6 is 11.8 Å². The summed E-state index contributed by atoms with van der Waals surface area (Å²) in [5.41, 5.74) is 7.36. The van der Waals surface area contributed by atoms with Gasteiger partial charge in [0.15, 0.2) is 0 Å². The normalized spacial score (nSPS) is 19.4. The molecule has 1 fully saturated rings. The Morgan fingerprint density at radius 1 is 1.22 bits per heavy atom. The first-order valence-corrected chi connectivity index (χ1v) is 8.11. The lowest BCUT2D eigenvalue weighted by Crippen LogP contribution is -2.26. The Kier molecular flexibility index (Phi) is 5.58. The van der Waals surface area contributed by atoms with Gasteiger partial charge in [-0.15, -0.1) is 11.8 Å². The lowest BCUT2D eigenvalue weighted by molar-refractivity contribution is 0.445. The van der Waals surface area contributed by atoms with Crippen LogP contribution < -0.4 is 5.73 Å². The van der Waals surface area contributed by atoms with Crippen LogP contribution in [0.15, 0.2) is 29.2 Å². The molecule has 2 N–H and O–H groups in total. The second kappa shape index (κ2) is 7.20. The van der Waals surface area contributed by atoms with Crippen molar-refractivity contribution in [1.29, 1.82) is 0 Å². The van der Waals surface area contributed by atoms with E-state index in [2.05, 4.69) is 31.2 Å². The summed E-state index contributed by atoms with van der Waals surface area (Å²) in [4.78, 5) is 1.38. The molecule has 0 radical (unpaired) electrons. The van der Waals surface area contributed by atoms with Crippen LogP contribution in [0, 0.1) is 12.8 Å². The Hall–Kier alpha value is -0.470. The lowest BCUT2D eigenvalue weighted by atomic mass is 9.96. The smallest absolute Gasteiger partial charge is 0.0245 e. The molecule has 0 aliphatic heterocycles. The van der Waals surface area contributed by atoms with E-state index in [9.17, 15) is 0 Å². The molecule has 2 rings (SSSR count). The van der Waals surface area contributed by atoms with Crippen molar-refractivity contribution in [3.63, 3.8) is 0 Å².